The van der Waals surface area contributed by atoms with Crippen LogP contribution in [0.1, 0.15) is 26.3 Å². The van der Waals surface area contributed by atoms with Gasteiger partial charge in [-0.15, -0.1) is 0 Å². The molecule has 2 rings (SSSR count). The summed E-state index contributed by atoms with van der Waals surface area (Å²) in [5.74, 6) is 0. The summed E-state index contributed by atoms with van der Waals surface area (Å²) in [7, 11) is -3.11. The molecule has 0 unspecified atom stereocenters. The van der Waals surface area contributed by atoms with E-state index in [9.17, 15) is 8.42 Å². The average Bonchev–Trinajstić information content (AvgIpc) is 2.38. The molecule has 0 amide bonds. The topological polar surface area (TPSA) is 34.1 Å². The highest BCUT2D eigenvalue weighted by Gasteiger charge is 2.07. The molecule has 0 saturated carbocycles. The van der Waals surface area contributed by atoms with Crippen LogP contribution in [0.2, 0.25) is 0 Å². The minimum atomic E-state index is -3.11. The van der Waals surface area contributed by atoms with Gasteiger partial charge < -0.3 is 0 Å². The number of fused-ring (bicyclic) bond motifs is 1. The third-order valence-electron chi connectivity index (χ3n) is 2.71. The van der Waals surface area contributed by atoms with Crippen LogP contribution in [-0.2, 0) is 16.3 Å². The normalized spacial score (nSPS) is 10.9. The van der Waals surface area contributed by atoms with E-state index in [1.807, 2.05) is 32.0 Å². The molecule has 0 N–H and O–H groups in total. The van der Waals surface area contributed by atoms with Crippen molar-refractivity contribution in [3.05, 3.63) is 42.0 Å². The third-order valence-corrected chi connectivity index (χ3v) is 3.82. The summed E-state index contributed by atoms with van der Waals surface area (Å²) in [6.07, 6.45) is 2.19. The SMILES string of the molecule is CC.CCc1ccc2ccc(S(C)(=O)=O)cc2c1. The lowest BCUT2D eigenvalue weighted by molar-refractivity contribution is 0.602. The first kappa shape index (κ1) is 14.7. The molecular formula is C15H20O2S. The molecule has 0 aliphatic rings. The number of benzene rings is 2. The van der Waals surface area contributed by atoms with Crippen molar-refractivity contribution in [2.75, 3.05) is 6.26 Å². The molecule has 18 heavy (non-hydrogen) atoms. The predicted octanol–water partition coefficient (Wildman–Crippen LogP) is 3.83. The largest absolute Gasteiger partial charge is 0.224 e. The number of hydrogen-bond donors (Lipinski definition) is 0. The van der Waals surface area contributed by atoms with Crippen molar-refractivity contribution in [2.24, 2.45) is 0 Å². The van der Waals surface area contributed by atoms with Gasteiger partial charge in [-0.3, -0.25) is 0 Å². The maximum atomic E-state index is 11.4. The molecule has 0 radical (unpaired) electrons. The molecule has 0 heterocycles. The lowest BCUT2D eigenvalue weighted by atomic mass is 10.1. The lowest BCUT2D eigenvalue weighted by Crippen LogP contribution is -1.96. The van der Waals surface area contributed by atoms with Gasteiger partial charge in [0.15, 0.2) is 9.84 Å². The molecule has 0 aromatic heterocycles. The van der Waals surface area contributed by atoms with Gasteiger partial charge in [-0.25, -0.2) is 8.42 Å². The Morgan fingerprint density at radius 3 is 2.11 bits per heavy atom. The zero-order chi connectivity index (χ0) is 13.8. The van der Waals surface area contributed by atoms with E-state index in [4.69, 9.17) is 0 Å². The molecule has 0 spiro atoms. The Morgan fingerprint density at radius 1 is 0.944 bits per heavy atom. The van der Waals surface area contributed by atoms with Crippen molar-refractivity contribution in [1.29, 1.82) is 0 Å². The summed E-state index contributed by atoms with van der Waals surface area (Å²) < 4.78 is 22.9. The minimum absolute atomic E-state index is 0.383. The van der Waals surface area contributed by atoms with Crippen LogP contribution in [0.3, 0.4) is 0 Å². The summed E-state index contributed by atoms with van der Waals surface area (Å²) >= 11 is 0. The van der Waals surface area contributed by atoms with Crippen LogP contribution in [0.25, 0.3) is 10.8 Å². The van der Waals surface area contributed by atoms with Gasteiger partial charge in [-0.2, -0.15) is 0 Å². The molecule has 0 fully saturated rings. The van der Waals surface area contributed by atoms with Crippen molar-refractivity contribution < 1.29 is 8.42 Å². The standard InChI is InChI=1S/C13H14O2S.C2H6/c1-3-10-4-5-11-6-7-13(16(2,14)15)9-12(11)8-10;1-2/h4-9H,3H2,1-2H3;1-2H3. The fourth-order valence-electron chi connectivity index (χ4n) is 1.72. The van der Waals surface area contributed by atoms with Gasteiger partial charge in [0, 0.05) is 6.26 Å². The fourth-order valence-corrected chi connectivity index (χ4v) is 2.38. The second-order valence-corrected chi connectivity index (χ2v) is 5.98. The highest BCUT2D eigenvalue weighted by molar-refractivity contribution is 7.90. The van der Waals surface area contributed by atoms with Gasteiger partial charge in [-0.1, -0.05) is 45.0 Å². The van der Waals surface area contributed by atoms with E-state index >= 15 is 0 Å². The average molecular weight is 264 g/mol. The molecule has 3 heteroatoms. The van der Waals surface area contributed by atoms with E-state index in [-0.39, 0.29) is 0 Å². The molecule has 0 atom stereocenters. The summed E-state index contributed by atoms with van der Waals surface area (Å²) in [5, 5.41) is 2.06. The molecule has 98 valence electrons. The Kier molecular flexibility index (Phi) is 4.91. The first-order valence-electron chi connectivity index (χ1n) is 6.23. The molecule has 2 aromatic rings. The lowest BCUT2D eigenvalue weighted by Gasteiger charge is -2.03. The number of aryl methyl sites for hydroxylation is 1. The molecule has 0 aliphatic heterocycles. The third kappa shape index (κ3) is 3.33. The monoisotopic (exact) mass is 264 g/mol. The number of hydrogen-bond acceptors (Lipinski definition) is 2. The van der Waals surface area contributed by atoms with E-state index in [1.165, 1.54) is 11.8 Å². The summed E-state index contributed by atoms with van der Waals surface area (Å²) in [6.45, 7) is 6.08. The molecule has 2 aromatic carbocycles. The first-order valence-corrected chi connectivity index (χ1v) is 8.12. The zero-order valence-corrected chi connectivity index (χ0v) is 12.2. The predicted molar refractivity (Wildman–Crippen MR) is 77.8 cm³/mol. The maximum absolute atomic E-state index is 11.4. The van der Waals surface area contributed by atoms with Gasteiger partial charge in [0.2, 0.25) is 0 Å². The van der Waals surface area contributed by atoms with Crippen molar-refractivity contribution in [2.45, 2.75) is 32.1 Å². The van der Waals surface area contributed by atoms with E-state index in [0.717, 1.165) is 17.2 Å². The summed E-state index contributed by atoms with van der Waals surface area (Å²) in [6, 6.07) is 11.4. The quantitative estimate of drug-likeness (QED) is 0.826. The Morgan fingerprint density at radius 2 is 1.56 bits per heavy atom. The van der Waals surface area contributed by atoms with Crippen molar-refractivity contribution in [3.8, 4) is 0 Å². The minimum Gasteiger partial charge on any atom is -0.224 e. The molecule has 0 bridgehead atoms. The Labute approximate surface area is 110 Å². The molecule has 2 nitrogen and oxygen atoms in total. The van der Waals surface area contributed by atoms with Gasteiger partial charge >= 0.3 is 0 Å². The van der Waals surface area contributed by atoms with Gasteiger partial charge in [0.25, 0.3) is 0 Å². The van der Waals surface area contributed by atoms with Crippen LogP contribution in [-0.4, -0.2) is 14.7 Å². The van der Waals surface area contributed by atoms with Gasteiger partial charge in [0.1, 0.15) is 0 Å². The zero-order valence-electron chi connectivity index (χ0n) is 11.4. The number of sulfone groups is 1. The van der Waals surface area contributed by atoms with E-state index in [0.29, 0.717) is 4.90 Å². The summed E-state index contributed by atoms with van der Waals surface area (Å²) in [5.41, 5.74) is 1.22. The van der Waals surface area contributed by atoms with Crippen LogP contribution in [0.4, 0.5) is 0 Å². The second kappa shape index (κ2) is 6.01. The van der Waals surface area contributed by atoms with Crippen LogP contribution in [0.5, 0.6) is 0 Å². The Bertz CT molecular complexity index is 628. The van der Waals surface area contributed by atoms with E-state index in [2.05, 4.69) is 13.0 Å². The molecular weight excluding hydrogens is 244 g/mol. The first-order chi connectivity index (χ1) is 8.50. The van der Waals surface area contributed by atoms with Crippen LogP contribution in [0, 0.1) is 0 Å². The fraction of sp³-hybridized carbons (Fsp3) is 0.333. The molecule has 0 aliphatic carbocycles. The van der Waals surface area contributed by atoms with E-state index in [1.54, 1.807) is 12.1 Å². The van der Waals surface area contributed by atoms with Crippen molar-refractivity contribution in [1.82, 2.24) is 0 Å². The smallest absolute Gasteiger partial charge is 0.175 e. The summed E-state index contributed by atoms with van der Waals surface area (Å²) in [4.78, 5) is 0.383. The second-order valence-electron chi connectivity index (χ2n) is 3.97. The highest BCUT2D eigenvalue weighted by Crippen LogP contribution is 2.20. The maximum Gasteiger partial charge on any atom is 0.175 e. The highest BCUT2D eigenvalue weighted by atomic mass is 32.2. The van der Waals surface area contributed by atoms with Crippen LogP contribution in [0.15, 0.2) is 41.3 Å². The van der Waals surface area contributed by atoms with Gasteiger partial charge in [-0.05, 0) is 34.9 Å². The Balaban J connectivity index is 0.000000771. The van der Waals surface area contributed by atoms with Crippen molar-refractivity contribution in [3.63, 3.8) is 0 Å². The van der Waals surface area contributed by atoms with E-state index < -0.39 is 9.84 Å². The number of rotatable bonds is 2. The van der Waals surface area contributed by atoms with Crippen molar-refractivity contribution >= 4 is 20.6 Å². The van der Waals surface area contributed by atoms with Crippen LogP contribution >= 0.6 is 0 Å². The van der Waals surface area contributed by atoms with Gasteiger partial charge in [0.05, 0.1) is 4.90 Å². The Hall–Kier alpha value is -1.35. The molecule has 0 saturated heterocycles. The van der Waals surface area contributed by atoms with Crippen LogP contribution < -0.4 is 0 Å².